The molecule has 3 fully saturated rings. The Morgan fingerprint density at radius 2 is 1.70 bits per heavy atom. The summed E-state index contributed by atoms with van der Waals surface area (Å²) in [5.41, 5.74) is 1.96. The number of halogens is 1. The Kier molecular flexibility index (Phi) is 17.4. The van der Waals surface area contributed by atoms with Gasteiger partial charge >= 0.3 is 5.97 Å². The van der Waals surface area contributed by atoms with E-state index in [-0.39, 0.29) is 46.9 Å². The van der Waals surface area contributed by atoms with Gasteiger partial charge in [0.1, 0.15) is 24.0 Å². The number of nitrogens with zero attached hydrogens (tertiary/aromatic N) is 1. The summed E-state index contributed by atoms with van der Waals surface area (Å²) in [5, 5.41) is 12.1. The third-order valence-corrected chi connectivity index (χ3v) is 13.8. The summed E-state index contributed by atoms with van der Waals surface area (Å²) in [5.74, 6) is -6.10. The first kappa shape index (κ1) is 46.7. The lowest BCUT2D eigenvalue weighted by molar-refractivity contribution is -0.302. The van der Waals surface area contributed by atoms with Crippen molar-refractivity contribution in [2.24, 2.45) is 23.7 Å². The molecule has 2 bridgehead atoms. The summed E-state index contributed by atoms with van der Waals surface area (Å²) in [6, 6.07) is -1.02. The minimum absolute atomic E-state index is 0.0995. The second-order valence-electron chi connectivity index (χ2n) is 17.5. The van der Waals surface area contributed by atoms with Gasteiger partial charge in [-0.1, -0.05) is 67.8 Å². The molecule has 1 saturated carbocycles. The number of rotatable bonds is 7. The van der Waals surface area contributed by atoms with Crippen LogP contribution < -0.4 is 0 Å². The Bertz CT molecular complexity index is 1430. The number of hydrogen-bond acceptors (Lipinski definition) is 10. The van der Waals surface area contributed by atoms with Gasteiger partial charge in [0.2, 0.25) is 5.79 Å². The highest BCUT2D eigenvalue weighted by atomic mass is 79.9. The monoisotopic (exact) mass is 851 g/mol. The van der Waals surface area contributed by atoms with Crippen LogP contribution in [0.2, 0.25) is 0 Å². The average molecular weight is 853 g/mol. The number of methoxy groups -OCH3 is 3. The van der Waals surface area contributed by atoms with E-state index in [2.05, 4.69) is 48.9 Å². The first-order chi connectivity index (χ1) is 26.5. The van der Waals surface area contributed by atoms with Gasteiger partial charge in [-0.15, -0.1) is 0 Å². The number of carbonyl (C=O) groups excluding carboxylic acids is 4. The zero-order valence-corrected chi connectivity index (χ0v) is 37.1. The largest absolute Gasteiger partial charge is 0.456 e. The molecule has 0 aromatic carbocycles. The van der Waals surface area contributed by atoms with Crippen molar-refractivity contribution < 1.29 is 48.0 Å². The highest BCUT2D eigenvalue weighted by Crippen LogP contribution is 2.41. The van der Waals surface area contributed by atoms with Crippen molar-refractivity contribution in [3.8, 4) is 0 Å². The third-order valence-electron chi connectivity index (χ3n) is 12.8. The predicted molar refractivity (Wildman–Crippen MR) is 218 cm³/mol. The normalized spacial score (nSPS) is 39.3. The van der Waals surface area contributed by atoms with Crippen LogP contribution in [0.4, 0.5) is 0 Å². The first-order valence-corrected chi connectivity index (χ1v) is 21.9. The second kappa shape index (κ2) is 20.8. The average Bonchev–Trinajstić information content (AvgIpc) is 3.17. The number of aliphatic hydroxyl groups is 1. The Labute approximate surface area is 344 Å². The molecule has 11 nitrogen and oxygen atoms in total. The molecule has 3 heterocycles. The SMILES string of the molecule is CCCC1C=C(C)CC(C)CC(OC)C2OC(O)(C(=O)C(=O)N3CCCCC3C(=O)OC(C(C)=CC3(Br)CCCC(OC)C3)C(C)CCC1=O)C(C)CC2OC. The number of Topliss-reactive ketones (excluding diaryl/α,β-unsaturated/α-hetero) is 2. The standard InChI is InChI=1S/C44H70BrNO10/c1-10-14-32-22-27(2)21-28(3)23-36(53-8)39-37(54-9)24-31(6)44(51,56-39)40(48)41(49)46-20-12-11-16-34(46)42(50)55-38(29(4)17-18-35(32)47)30(5)25-43(45)19-13-15-33(26-43)52-7/h22,25,28-29,31-34,36-39,51H,10-21,23-24,26H2,1-9H3. The summed E-state index contributed by atoms with van der Waals surface area (Å²) in [6.07, 6.45) is 10.9. The number of alkyl halides is 1. The Balaban J connectivity index is 1.76. The molecule has 12 heteroatoms. The predicted octanol–water partition coefficient (Wildman–Crippen LogP) is 7.44. The van der Waals surface area contributed by atoms with Gasteiger partial charge in [0, 0.05) is 50.5 Å². The molecule has 3 aliphatic heterocycles. The maximum Gasteiger partial charge on any atom is 0.329 e. The maximum atomic E-state index is 14.3. The van der Waals surface area contributed by atoms with Gasteiger partial charge in [-0.2, -0.15) is 0 Å². The van der Waals surface area contributed by atoms with Crippen molar-refractivity contribution in [3.05, 3.63) is 23.3 Å². The molecule has 0 aromatic heterocycles. The molecule has 12 atom stereocenters. The molecule has 0 spiro atoms. The highest BCUT2D eigenvalue weighted by molar-refractivity contribution is 9.10. The molecular weight excluding hydrogens is 782 g/mol. The number of esters is 1. The number of fused-ring (bicyclic) bond motifs is 3. The molecule has 0 radical (unpaired) electrons. The molecule has 0 aromatic rings. The number of ketones is 2. The Hall–Kier alpha value is -1.96. The summed E-state index contributed by atoms with van der Waals surface area (Å²) >= 11 is 3.99. The van der Waals surface area contributed by atoms with Crippen molar-refractivity contribution in [1.82, 2.24) is 4.90 Å². The van der Waals surface area contributed by atoms with Crippen LogP contribution in [0.1, 0.15) is 131 Å². The topological polar surface area (TPSA) is 138 Å². The van der Waals surface area contributed by atoms with E-state index in [1.165, 1.54) is 4.90 Å². The van der Waals surface area contributed by atoms with E-state index < -0.39 is 59.8 Å². The van der Waals surface area contributed by atoms with Crippen LogP contribution in [-0.4, -0.2) is 108 Å². The van der Waals surface area contributed by atoms with E-state index in [0.29, 0.717) is 44.9 Å². The third kappa shape index (κ3) is 11.4. The lowest BCUT2D eigenvalue weighted by atomic mass is 9.82. The fraction of sp³-hybridized carbons (Fsp3) is 0.818. The van der Waals surface area contributed by atoms with Gasteiger partial charge in [0.05, 0.1) is 18.3 Å². The molecule has 4 aliphatic rings. The molecule has 4 rings (SSSR count). The molecule has 318 valence electrons. The van der Waals surface area contributed by atoms with Crippen LogP contribution in [0, 0.1) is 23.7 Å². The molecule has 1 aliphatic carbocycles. The summed E-state index contributed by atoms with van der Waals surface area (Å²) < 4.78 is 29.9. The number of ether oxygens (including phenoxy) is 5. The number of allylic oxidation sites excluding steroid dienone is 3. The van der Waals surface area contributed by atoms with Gasteiger partial charge in [0.25, 0.3) is 11.7 Å². The zero-order valence-electron chi connectivity index (χ0n) is 35.5. The lowest BCUT2D eigenvalue weighted by Gasteiger charge is -2.47. The van der Waals surface area contributed by atoms with Gasteiger partial charge < -0.3 is 33.7 Å². The first-order valence-electron chi connectivity index (χ1n) is 21.1. The Morgan fingerprint density at radius 1 is 1.00 bits per heavy atom. The minimum atomic E-state index is -2.45. The van der Waals surface area contributed by atoms with Crippen LogP contribution in [0.25, 0.3) is 0 Å². The van der Waals surface area contributed by atoms with Gasteiger partial charge in [0.15, 0.2) is 0 Å². The highest BCUT2D eigenvalue weighted by Gasteiger charge is 2.56. The van der Waals surface area contributed by atoms with Crippen LogP contribution in [0.15, 0.2) is 23.3 Å². The van der Waals surface area contributed by atoms with Crippen LogP contribution in [0.5, 0.6) is 0 Å². The fourth-order valence-electron chi connectivity index (χ4n) is 9.62. The van der Waals surface area contributed by atoms with Crippen molar-refractivity contribution >= 4 is 39.4 Å². The molecule has 12 unspecified atom stereocenters. The van der Waals surface area contributed by atoms with Crippen molar-refractivity contribution in [2.75, 3.05) is 27.9 Å². The van der Waals surface area contributed by atoms with Crippen molar-refractivity contribution in [1.29, 1.82) is 0 Å². The molecule has 2 saturated heterocycles. The molecular formula is C44H70BrNO10. The number of cyclic esters (lactones) is 1. The molecule has 56 heavy (non-hydrogen) atoms. The van der Waals surface area contributed by atoms with E-state index in [9.17, 15) is 24.3 Å². The number of hydrogen-bond donors (Lipinski definition) is 1. The van der Waals surface area contributed by atoms with E-state index >= 15 is 0 Å². The maximum absolute atomic E-state index is 14.3. The van der Waals surface area contributed by atoms with Crippen molar-refractivity contribution in [2.45, 2.75) is 178 Å². The van der Waals surface area contributed by atoms with E-state index in [4.69, 9.17) is 23.7 Å². The Morgan fingerprint density at radius 3 is 2.36 bits per heavy atom. The number of carbonyl (C=O) groups is 4. The second-order valence-corrected chi connectivity index (χ2v) is 19.1. The van der Waals surface area contributed by atoms with E-state index in [1.54, 1.807) is 28.3 Å². The lowest BCUT2D eigenvalue weighted by Crippen LogP contribution is -2.64. The smallest absolute Gasteiger partial charge is 0.329 e. The van der Waals surface area contributed by atoms with Crippen LogP contribution in [0.3, 0.4) is 0 Å². The van der Waals surface area contributed by atoms with E-state index in [0.717, 1.165) is 49.7 Å². The fourth-order valence-corrected chi connectivity index (χ4v) is 10.6. The van der Waals surface area contributed by atoms with Crippen LogP contribution >= 0.6 is 15.9 Å². The van der Waals surface area contributed by atoms with E-state index in [1.807, 2.05) is 13.8 Å². The quantitative estimate of drug-likeness (QED) is 0.119. The van der Waals surface area contributed by atoms with Crippen molar-refractivity contribution in [3.63, 3.8) is 0 Å². The van der Waals surface area contributed by atoms with Crippen LogP contribution in [-0.2, 0) is 42.9 Å². The summed E-state index contributed by atoms with van der Waals surface area (Å²) in [6.45, 7) is 12.1. The molecule has 1 amide bonds. The minimum Gasteiger partial charge on any atom is -0.456 e. The van der Waals surface area contributed by atoms with Gasteiger partial charge in [-0.05, 0) is 108 Å². The number of amides is 1. The summed E-state index contributed by atoms with van der Waals surface area (Å²) in [7, 11) is 4.85. The summed E-state index contributed by atoms with van der Waals surface area (Å²) in [4.78, 5) is 58.0. The van der Waals surface area contributed by atoms with Gasteiger partial charge in [-0.25, -0.2) is 4.79 Å². The zero-order chi connectivity index (χ0) is 41.4. The van der Waals surface area contributed by atoms with Gasteiger partial charge in [-0.3, -0.25) is 14.4 Å². The number of piperidine rings is 1. The molecule has 1 N–H and O–H groups in total.